The molecule has 0 atom stereocenters. The summed E-state index contributed by atoms with van der Waals surface area (Å²) >= 11 is 3.27. The first-order valence-corrected chi connectivity index (χ1v) is 8.83. The van der Waals surface area contributed by atoms with Crippen LogP contribution in [0.5, 0.6) is 0 Å². The first-order valence-electron chi connectivity index (χ1n) is 6.60. The third kappa shape index (κ3) is 5.41. The normalized spacial score (nSPS) is 11.9. The highest BCUT2D eigenvalue weighted by atomic mass is 79.9. The molecule has 0 aliphatic rings. The van der Waals surface area contributed by atoms with Crippen LogP contribution in [0.2, 0.25) is 0 Å². The SMILES string of the molecule is COC(=O)CCN(CC(C)C)S(=O)(=O)c1cccc(Br)c1. The highest BCUT2D eigenvalue weighted by Gasteiger charge is 2.25. The summed E-state index contributed by atoms with van der Waals surface area (Å²) in [6, 6.07) is 6.54. The van der Waals surface area contributed by atoms with Gasteiger partial charge < -0.3 is 4.74 Å². The zero-order chi connectivity index (χ0) is 16.0. The molecule has 21 heavy (non-hydrogen) atoms. The minimum Gasteiger partial charge on any atom is -0.469 e. The molecule has 0 bridgehead atoms. The van der Waals surface area contributed by atoms with Gasteiger partial charge in [0.1, 0.15) is 0 Å². The molecule has 0 heterocycles. The molecule has 5 nitrogen and oxygen atoms in total. The van der Waals surface area contributed by atoms with Crippen molar-refractivity contribution in [2.75, 3.05) is 20.2 Å². The molecule has 0 amide bonds. The number of benzene rings is 1. The van der Waals surface area contributed by atoms with Gasteiger partial charge in [-0.25, -0.2) is 8.42 Å². The lowest BCUT2D eigenvalue weighted by Crippen LogP contribution is -2.36. The van der Waals surface area contributed by atoms with Crippen LogP contribution in [0.4, 0.5) is 0 Å². The van der Waals surface area contributed by atoms with E-state index in [1.54, 1.807) is 24.3 Å². The molecule has 0 saturated heterocycles. The maximum Gasteiger partial charge on any atom is 0.306 e. The second kappa shape index (κ2) is 7.91. The van der Waals surface area contributed by atoms with Crippen molar-refractivity contribution in [3.63, 3.8) is 0 Å². The maximum absolute atomic E-state index is 12.7. The Morgan fingerprint density at radius 1 is 1.38 bits per heavy atom. The number of rotatable bonds is 7. The highest BCUT2D eigenvalue weighted by molar-refractivity contribution is 9.10. The van der Waals surface area contributed by atoms with Crippen LogP contribution in [0.15, 0.2) is 33.6 Å². The zero-order valence-corrected chi connectivity index (χ0v) is 14.8. The summed E-state index contributed by atoms with van der Waals surface area (Å²) in [6.45, 7) is 4.33. The van der Waals surface area contributed by atoms with Crippen molar-refractivity contribution < 1.29 is 17.9 Å². The van der Waals surface area contributed by atoms with E-state index in [1.807, 2.05) is 13.8 Å². The van der Waals surface area contributed by atoms with Gasteiger partial charge in [0.05, 0.1) is 18.4 Å². The van der Waals surface area contributed by atoms with E-state index < -0.39 is 16.0 Å². The summed E-state index contributed by atoms with van der Waals surface area (Å²) < 4.78 is 31.9. The molecular formula is C14H20BrNO4S. The van der Waals surface area contributed by atoms with E-state index in [0.717, 1.165) is 0 Å². The fourth-order valence-electron chi connectivity index (χ4n) is 1.81. The third-order valence-corrected chi connectivity index (χ3v) is 5.15. The number of hydrogen-bond donors (Lipinski definition) is 0. The molecule has 0 unspecified atom stereocenters. The Labute approximate surface area is 134 Å². The largest absolute Gasteiger partial charge is 0.469 e. The second-order valence-corrected chi connectivity index (χ2v) is 7.89. The number of carbonyl (C=O) groups excluding carboxylic acids is 1. The predicted octanol–water partition coefficient (Wildman–Crippen LogP) is 2.66. The molecule has 118 valence electrons. The standard InChI is InChI=1S/C14H20BrNO4S/c1-11(2)10-16(8-7-14(17)20-3)21(18,19)13-6-4-5-12(15)9-13/h4-6,9,11H,7-8,10H2,1-3H3. The van der Waals surface area contributed by atoms with E-state index in [4.69, 9.17) is 0 Å². The Hall–Kier alpha value is -0.920. The Morgan fingerprint density at radius 3 is 2.57 bits per heavy atom. The van der Waals surface area contributed by atoms with Gasteiger partial charge in [-0.3, -0.25) is 4.79 Å². The van der Waals surface area contributed by atoms with E-state index in [2.05, 4.69) is 20.7 Å². The molecule has 1 aromatic rings. The van der Waals surface area contributed by atoms with Gasteiger partial charge in [0.2, 0.25) is 10.0 Å². The summed E-state index contributed by atoms with van der Waals surface area (Å²) in [5.41, 5.74) is 0. The van der Waals surface area contributed by atoms with Gasteiger partial charge in [-0.05, 0) is 24.1 Å². The number of halogens is 1. The molecule has 0 aliphatic heterocycles. The summed E-state index contributed by atoms with van der Waals surface area (Å²) in [4.78, 5) is 11.5. The fourth-order valence-corrected chi connectivity index (χ4v) is 4.01. The van der Waals surface area contributed by atoms with E-state index in [0.29, 0.717) is 11.0 Å². The topological polar surface area (TPSA) is 63.7 Å². The molecule has 1 aromatic carbocycles. The molecule has 0 radical (unpaired) electrons. The fraction of sp³-hybridized carbons (Fsp3) is 0.500. The molecular weight excluding hydrogens is 358 g/mol. The molecule has 7 heteroatoms. The van der Waals surface area contributed by atoms with Crippen molar-refractivity contribution in [1.29, 1.82) is 0 Å². The van der Waals surface area contributed by atoms with E-state index in [1.165, 1.54) is 11.4 Å². The van der Waals surface area contributed by atoms with Gasteiger partial charge in [0, 0.05) is 17.6 Å². The Balaban J connectivity index is 3.02. The van der Waals surface area contributed by atoms with Gasteiger partial charge >= 0.3 is 5.97 Å². The van der Waals surface area contributed by atoms with Gasteiger partial charge in [-0.1, -0.05) is 35.8 Å². The van der Waals surface area contributed by atoms with Crippen molar-refractivity contribution in [3.05, 3.63) is 28.7 Å². The Morgan fingerprint density at radius 2 is 2.05 bits per heavy atom. The predicted molar refractivity (Wildman–Crippen MR) is 84.4 cm³/mol. The lowest BCUT2D eigenvalue weighted by atomic mass is 10.2. The van der Waals surface area contributed by atoms with Crippen LogP contribution in [0, 0.1) is 5.92 Å². The van der Waals surface area contributed by atoms with Crippen LogP contribution in [0.3, 0.4) is 0 Å². The van der Waals surface area contributed by atoms with Crippen LogP contribution in [-0.4, -0.2) is 38.9 Å². The molecule has 0 N–H and O–H groups in total. The molecule has 1 rings (SSSR count). The zero-order valence-electron chi connectivity index (χ0n) is 12.4. The quantitative estimate of drug-likeness (QED) is 0.685. The molecule has 0 spiro atoms. The summed E-state index contributed by atoms with van der Waals surface area (Å²) in [5, 5.41) is 0. The van der Waals surface area contributed by atoms with Crippen molar-refractivity contribution in [2.24, 2.45) is 5.92 Å². The lowest BCUT2D eigenvalue weighted by molar-refractivity contribution is -0.140. The molecule has 0 saturated carbocycles. The van der Waals surface area contributed by atoms with Gasteiger partial charge in [-0.15, -0.1) is 0 Å². The van der Waals surface area contributed by atoms with Crippen molar-refractivity contribution in [2.45, 2.75) is 25.2 Å². The number of sulfonamides is 1. The van der Waals surface area contributed by atoms with E-state index in [-0.39, 0.29) is 23.8 Å². The number of nitrogens with zero attached hydrogens (tertiary/aromatic N) is 1. The molecule has 0 aromatic heterocycles. The lowest BCUT2D eigenvalue weighted by Gasteiger charge is -2.23. The number of esters is 1. The average molecular weight is 378 g/mol. The maximum atomic E-state index is 12.7. The Bertz CT molecular complexity index is 586. The summed E-state index contributed by atoms with van der Waals surface area (Å²) in [7, 11) is -2.34. The van der Waals surface area contributed by atoms with Crippen LogP contribution >= 0.6 is 15.9 Å². The number of ether oxygens (including phenoxy) is 1. The highest BCUT2D eigenvalue weighted by Crippen LogP contribution is 2.21. The minimum atomic E-state index is -3.63. The van der Waals surface area contributed by atoms with E-state index >= 15 is 0 Å². The summed E-state index contributed by atoms with van der Waals surface area (Å²) in [6.07, 6.45) is 0.0381. The van der Waals surface area contributed by atoms with Crippen molar-refractivity contribution in [1.82, 2.24) is 4.31 Å². The third-order valence-electron chi connectivity index (χ3n) is 2.80. The molecule has 0 fully saturated rings. The van der Waals surface area contributed by atoms with Crippen molar-refractivity contribution >= 4 is 31.9 Å². The average Bonchev–Trinajstić information content (AvgIpc) is 2.42. The smallest absolute Gasteiger partial charge is 0.306 e. The first-order chi connectivity index (χ1) is 9.77. The first kappa shape index (κ1) is 18.1. The number of methoxy groups -OCH3 is 1. The number of carbonyl (C=O) groups is 1. The van der Waals surface area contributed by atoms with Crippen LogP contribution in [0.1, 0.15) is 20.3 Å². The van der Waals surface area contributed by atoms with Gasteiger partial charge in [0.25, 0.3) is 0 Å². The number of hydrogen-bond acceptors (Lipinski definition) is 4. The Kier molecular flexibility index (Phi) is 6.83. The van der Waals surface area contributed by atoms with Gasteiger partial charge in [0.15, 0.2) is 0 Å². The van der Waals surface area contributed by atoms with Gasteiger partial charge in [-0.2, -0.15) is 4.31 Å². The monoisotopic (exact) mass is 377 g/mol. The van der Waals surface area contributed by atoms with Crippen LogP contribution in [0.25, 0.3) is 0 Å². The summed E-state index contributed by atoms with van der Waals surface area (Å²) in [5.74, 6) is -0.266. The van der Waals surface area contributed by atoms with Crippen molar-refractivity contribution in [3.8, 4) is 0 Å². The second-order valence-electron chi connectivity index (χ2n) is 5.04. The van der Waals surface area contributed by atoms with Crippen LogP contribution in [-0.2, 0) is 19.6 Å². The van der Waals surface area contributed by atoms with E-state index in [9.17, 15) is 13.2 Å². The molecule has 0 aliphatic carbocycles. The minimum absolute atomic E-state index is 0.0381. The van der Waals surface area contributed by atoms with Crippen LogP contribution < -0.4 is 0 Å².